The summed E-state index contributed by atoms with van der Waals surface area (Å²) >= 11 is 0. The van der Waals surface area contributed by atoms with Crippen LogP contribution in [0.4, 0.5) is 10.2 Å². The van der Waals surface area contributed by atoms with Gasteiger partial charge in [-0.3, -0.25) is 4.79 Å². The van der Waals surface area contributed by atoms with Crippen LogP contribution in [0.3, 0.4) is 0 Å². The zero-order valence-corrected chi connectivity index (χ0v) is 16.7. The van der Waals surface area contributed by atoms with Gasteiger partial charge in [0, 0.05) is 41.4 Å². The van der Waals surface area contributed by atoms with E-state index in [-0.39, 0.29) is 17.9 Å². The van der Waals surface area contributed by atoms with E-state index < -0.39 is 11.8 Å². The number of pyridine rings is 1. The summed E-state index contributed by atoms with van der Waals surface area (Å²) in [5.41, 5.74) is 1.67. The number of aromatic amines is 1. The summed E-state index contributed by atoms with van der Waals surface area (Å²) in [6.45, 7) is 9.92. The van der Waals surface area contributed by atoms with E-state index in [0.29, 0.717) is 40.2 Å². The van der Waals surface area contributed by atoms with E-state index in [1.54, 1.807) is 18.5 Å². The molecule has 1 unspecified atom stereocenters. The first kappa shape index (κ1) is 20.4. The summed E-state index contributed by atoms with van der Waals surface area (Å²) in [5.74, 6) is -0.334. The summed E-state index contributed by atoms with van der Waals surface area (Å²) in [7, 11) is 0. The molecule has 3 aromatic rings. The van der Waals surface area contributed by atoms with E-state index in [1.807, 2.05) is 20.8 Å². The third kappa shape index (κ3) is 4.59. The van der Waals surface area contributed by atoms with Gasteiger partial charge in [0.2, 0.25) is 0 Å². The molecule has 0 aromatic carbocycles. The van der Waals surface area contributed by atoms with Gasteiger partial charge in [0.25, 0.3) is 0 Å². The van der Waals surface area contributed by atoms with Crippen LogP contribution in [0, 0.1) is 11.2 Å². The van der Waals surface area contributed by atoms with E-state index in [2.05, 4.69) is 31.8 Å². The highest BCUT2D eigenvalue weighted by molar-refractivity contribution is 5.91. The molecular formula is C21H24FN5O2. The SMILES string of the molecule is C=Cc1cnc(-c2c[nH]c3ncc(F)cc23)nc1NC(CCC(=O)O)C(C)(C)C. The predicted octanol–water partition coefficient (Wildman–Crippen LogP) is 4.49. The summed E-state index contributed by atoms with van der Waals surface area (Å²) in [6.07, 6.45) is 6.60. The van der Waals surface area contributed by atoms with Gasteiger partial charge in [0.1, 0.15) is 17.3 Å². The van der Waals surface area contributed by atoms with Gasteiger partial charge in [-0.05, 0) is 17.9 Å². The van der Waals surface area contributed by atoms with Crippen molar-refractivity contribution >= 4 is 28.9 Å². The van der Waals surface area contributed by atoms with Crippen LogP contribution in [0.15, 0.2) is 31.2 Å². The molecule has 0 radical (unpaired) electrons. The number of anilines is 1. The van der Waals surface area contributed by atoms with E-state index in [9.17, 15) is 9.18 Å². The van der Waals surface area contributed by atoms with Crippen LogP contribution in [0.25, 0.3) is 28.5 Å². The highest BCUT2D eigenvalue weighted by Gasteiger charge is 2.26. The number of fused-ring (bicyclic) bond motifs is 1. The Balaban J connectivity index is 2.01. The minimum atomic E-state index is -0.846. The summed E-state index contributed by atoms with van der Waals surface area (Å²) < 4.78 is 13.7. The number of hydrogen-bond donors (Lipinski definition) is 3. The van der Waals surface area contributed by atoms with Gasteiger partial charge < -0.3 is 15.4 Å². The molecule has 3 aromatic heterocycles. The van der Waals surface area contributed by atoms with Gasteiger partial charge in [-0.2, -0.15) is 0 Å². The number of aromatic nitrogens is 4. The molecule has 8 heteroatoms. The molecule has 7 nitrogen and oxygen atoms in total. The number of nitrogens with one attached hydrogen (secondary N) is 2. The molecule has 3 rings (SSSR count). The molecule has 0 spiro atoms. The zero-order chi connectivity index (χ0) is 21.2. The number of rotatable bonds is 7. The minimum Gasteiger partial charge on any atom is -0.481 e. The van der Waals surface area contributed by atoms with E-state index in [1.165, 1.54) is 6.07 Å². The Morgan fingerprint density at radius 3 is 2.79 bits per heavy atom. The number of carboxylic acid groups (broad SMARTS) is 1. The number of aliphatic carboxylic acids is 1. The van der Waals surface area contributed by atoms with E-state index in [0.717, 1.165) is 6.20 Å². The average molecular weight is 397 g/mol. The standard InChI is InChI=1S/C21H24FN5O2/c1-5-12-9-23-20(15-11-25-19-14(15)8-13(22)10-24-19)27-18(12)26-16(21(2,3)4)6-7-17(28)29/h5,8-11,16H,1,6-7H2,2-4H3,(H,24,25)(H,28,29)(H,23,26,27). The van der Waals surface area contributed by atoms with Gasteiger partial charge in [-0.1, -0.05) is 33.4 Å². The van der Waals surface area contributed by atoms with Crippen molar-refractivity contribution in [3.8, 4) is 11.4 Å². The molecule has 0 aliphatic heterocycles. The molecule has 0 bridgehead atoms. The Morgan fingerprint density at radius 1 is 1.38 bits per heavy atom. The maximum Gasteiger partial charge on any atom is 0.303 e. The molecule has 3 heterocycles. The monoisotopic (exact) mass is 397 g/mol. The van der Waals surface area contributed by atoms with Crippen LogP contribution < -0.4 is 5.32 Å². The Labute approximate surface area is 168 Å². The van der Waals surface area contributed by atoms with Crippen LogP contribution in [-0.4, -0.2) is 37.1 Å². The molecule has 3 N–H and O–H groups in total. The Bertz CT molecular complexity index is 1050. The smallest absolute Gasteiger partial charge is 0.303 e. The molecule has 0 saturated carbocycles. The van der Waals surface area contributed by atoms with Crippen molar-refractivity contribution in [2.45, 2.75) is 39.7 Å². The van der Waals surface area contributed by atoms with Gasteiger partial charge in [0.05, 0.1) is 6.20 Å². The van der Waals surface area contributed by atoms with Crippen LogP contribution >= 0.6 is 0 Å². The topological polar surface area (TPSA) is 104 Å². The van der Waals surface area contributed by atoms with Gasteiger partial charge >= 0.3 is 5.97 Å². The van der Waals surface area contributed by atoms with Crippen molar-refractivity contribution in [1.82, 2.24) is 19.9 Å². The van der Waals surface area contributed by atoms with Gasteiger partial charge in [-0.25, -0.2) is 19.3 Å². The maximum atomic E-state index is 13.7. The number of carboxylic acids is 1. The highest BCUT2D eigenvalue weighted by atomic mass is 19.1. The molecule has 1 atom stereocenters. The van der Waals surface area contributed by atoms with Crippen LogP contribution in [-0.2, 0) is 4.79 Å². The first-order valence-corrected chi connectivity index (χ1v) is 9.30. The van der Waals surface area contributed by atoms with E-state index >= 15 is 0 Å². The average Bonchev–Trinajstić information content (AvgIpc) is 3.06. The quantitative estimate of drug-likeness (QED) is 0.542. The number of H-pyrrole nitrogens is 1. The Kier molecular flexibility index (Phi) is 5.63. The zero-order valence-electron chi connectivity index (χ0n) is 16.7. The maximum absolute atomic E-state index is 13.7. The molecule has 0 fully saturated rings. The fraction of sp³-hybridized carbons (Fsp3) is 0.333. The fourth-order valence-corrected chi connectivity index (χ4v) is 3.10. The molecule has 0 aliphatic rings. The molecule has 0 amide bonds. The van der Waals surface area contributed by atoms with Crippen molar-refractivity contribution in [3.63, 3.8) is 0 Å². The number of halogens is 1. The van der Waals surface area contributed by atoms with Crippen LogP contribution in [0.1, 0.15) is 39.2 Å². The second kappa shape index (κ2) is 7.98. The normalized spacial score (nSPS) is 12.7. The lowest BCUT2D eigenvalue weighted by Gasteiger charge is -2.32. The second-order valence-electron chi connectivity index (χ2n) is 7.95. The Morgan fingerprint density at radius 2 is 2.14 bits per heavy atom. The number of hydrogen-bond acceptors (Lipinski definition) is 5. The van der Waals surface area contributed by atoms with Crippen LogP contribution in [0.5, 0.6) is 0 Å². The lowest BCUT2D eigenvalue weighted by atomic mass is 9.84. The van der Waals surface area contributed by atoms with Crippen molar-refractivity contribution in [2.24, 2.45) is 5.41 Å². The molecule has 152 valence electrons. The Hall–Kier alpha value is -3.29. The van der Waals surface area contributed by atoms with Crippen molar-refractivity contribution < 1.29 is 14.3 Å². The second-order valence-corrected chi connectivity index (χ2v) is 7.95. The summed E-state index contributed by atoms with van der Waals surface area (Å²) in [6, 6.07) is 1.25. The summed E-state index contributed by atoms with van der Waals surface area (Å²) in [5, 5.41) is 13.0. The number of nitrogens with zero attached hydrogens (tertiary/aromatic N) is 3. The minimum absolute atomic E-state index is 0.0453. The molecular weight excluding hydrogens is 373 g/mol. The lowest BCUT2D eigenvalue weighted by Crippen LogP contribution is -2.35. The third-order valence-corrected chi connectivity index (χ3v) is 4.78. The first-order chi connectivity index (χ1) is 13.7. The highest BCUT2D eigenvalue weighted by Crippen LogP contribution is 2.30. The molecule has 0 aliphatic carbocycles. The molecule has 0 saturated heterocycles. The van der Waals surface area contributed by atoms with Crippen molar-refractivity contribution in [1.29, 1.82) is 0 Å². The van der Waals surface area contributed by atoms with Gasteiger partial charge in [-0.15, -0.1) is 0 Å². The lowest BCUT2D eigenvalue weighted by molar-refractivity contribution is -0.137. The number of carbonyl (C=O) groups is 1. The van der Waals surface area contributed by atoms with Gasteiger partial charge in [0.15, 0.2) is 5.82 Å². The first-order valence-electron chi connectivity index (χ1n) is 9.30. The fourth-order valence-electron chi connectivity index (χ4n) is 3.10. The van der Waals surface area contributed by atoms with Crippen LogP contribution in [0.2, 0.25) is 0 Å². The predicted molar refractivity (Wildman–Crippen MR) is 111 cm³/mol. The largest absolute Gasteiger partial charge is 0.481 e. The van der Waals surface area contributed by atoms with E-state index in [4.69, 9.17) is 5.11 Å². The summed E-state index contributed by atoms with van der Waals surface area (Å²) in [4.78, 5) is 27.1. The third-order valence-electron chi connectivity index (χ3n) is 4.78. The van der Waals surface area contributed by atoms with Crippen molar-refractivity contribution in [3.05, 3.63) is 42.6 Å². The van der Waals surface area contributed by atoms with Crippen molar-refractivity contribution in [2.75, 3.05) is 5.32 Å². The molecule has 29 heavy (non-hydrogen) atoms.